The van der Waals surface area contributed by atoms with Gasteiger partial charge >= 0.3 is 0 Å². The van der Waals surface area contributed by atoms with E-state index in [1.807, 2.05) is 89.6 Å². The van der Waals surface area contributed by atoms with Gasteiger partial charge in [-0.25, -0.2) is 14.7 Å². The summed E-state index contributed by atoms with van der Waals surface area (Å²) in [5.41, 5.74) is 6.71. The van der Waals surface area contributed by atoms with Crippen LogP contribution in [0.4, 0.5) is 22.9 Å². The van der Waals surface area contributed by atoms with Gasteiger partial charge in [0.2, 0.25) is 0 Å². The zero-order valence-corrected chi connectivity index (χ0v) is 24.8. The van der Waals surface area contributed by atoms with Gasteiger partial charge in [0.1, 0.15) is 5.75 Å². The number of nitrogens with zero attached hydrogens (tertiary/aromatic N) is 5. The Balaban J connectivity index is 1.38. The molecule has 2 aliphatic rings. The molecule has 2 aliphatic heterocycles. The number of fused-ring (bicyclic) bond motifs is 4. The number of unbranched alkanes of at least 4 members (excludes halogenated alkanes) is 1. The Labute approximate surface area is 256 Å². The molecule has 0 bridgehead atoms. The number of anilines is 2. The van der Waals surface area contributed by atoms with Gasteiger partial charge in [-0.05, 0) is 79.6 Å². The van der Waals surface area contributed by atoms with Crippen molar-refractivity contribution >= 4 is 46.2 Å². The van der Waals surface area contributed by atoms with Crippen molar-refractivity contribution in [3.05, 3.63) is 125 Å². The van der Waals surface area contributed by atoms with Gasteiger partial charge < -0.3 is 15.0 Å². The van der Waals surface area contributed by atoms with E-state index in [1.54, 1.807) is 0 Å². The zero-order valence-electron chi connectivity index (χ0n) is 24.0. The second kappa shape index (κ2) is 11.4. The molecule has 43 heavy (non-hydrogen) atoms. The molecule has 5 aromatic rings. The SMILES string of the molecule is CCCCOc1ccc(NC2=Nc3ccccc3N3C2=Nc2c(c(C)nn2-c2ccccc2)[C@H]3c2ccc(Cl)cc2)cc1. The Hall–Kier alpha value is -4.88. The first-order valence-corrected chi connectivity index (χ1v) is 14.9. The predicted molar refractivity (Wildman–Crippen MR) is 175 cm³/mol. The molecule has 7 nitrogen and oxygen atoms in total. The van der Waals surface area contributed by atoms with Crippen molar-refractivity contribution in [1.29, 1.82) is 0 Å². The van der Waals surface area contributed by atoms with Crippen molar-refractivity contribution < 1.29 is 4.74 Å². The smallest absolute Gasteiger partial charge is 0.179 e. The van der Waals surface area contributed by atoms with E-state index < -0.39 is 0 Å². The van der Waals surface area contributed by atoms with E-state index in [0.717, 1.165) is 64.0 Å². The molecule has 0 amide bonds. The lowest BCUT2D eigenvalue weighted by atomic mass is 9.93. The minimum atomic E-state index is -0.208. The molecule has 3 heterocycles. The highest BCUT2D eigenvalue weighted by Crippen LogP contribution is 2.48. The van der Waals surface area contributed by atoms with Crippen molar-refractivity contribution in [3.63, 3.8) is 0 Å². The molecule has 7 rings (SSSR count). The number of aryl methyl sites for hydroxylation is 1. The van der Waals surface area contributed by atoms with Gasteiger partial charge in [0.15, 0.2) is 17.5 Å². The molecule has 0 saturated carbocycles. The fourth-order valence-corrected chi connectivity index (χ4v) is 5.74. The number of amidine groups is 2. The number of hydrogen-bond acceptors (Lipinski definition) is 6. The van der Waals surface area contributed by atoms with Gasteiger partial charge in [0.25, 0.3) is 0 Å². The van der Waals surface area contributed by atoms with Crippen molar-refractivity contribution in [2.75, 3.05) is 16.8 Å². The second-order valence-corrected chi connectivity index (χ2v) is 11.1. The van der Waals surface area contributed by atoms with Crippen molar-refractivity contribution in [2.45, 2.75) is 32.7 Å². The number of nitrogens with one attached hydrogen (secondary N) is 1. The van der Waals surface area contributed by atoms with Crippen LogP contribution in [0.15, 0.2) is 113 Å². The number of para-hydroxylation sites is 3. The first kappa shape index (κ1) is 27.0. The van der Waals surface area contributed by atoms with Crippen LogP contribution >= 0.6 is 11.6 Å². The standard InChI is InChI=1S/C35H31ClN6O/c1-3-4-22-43-28-20-18-26(19-21-28)37-33-35-39-34-31(23(2)40-42(34)27-10-6-5-7-11-27)32(24-14-16-25(36)17-15-24)41(35)30-13-9-8-12-29(30)38-33/h5-21,32H,3-4,22H2,1-2H3,(H,37,38)/t32-/m1/s1. The van der Waals surface area contributed by atoms with Gasteiger partial charge in [-0.3, -0.25) is 0 Å². The first-order valence-electron chi connectivity index (χ1n) is 14.6. The minimum Gasteiger partial charge on any atom is -0.494 e. The molecule has 0 unspecified atom stereocenters. The van der Waals surface area contributed by atoms with Crippen LogP contribution < -0.4 is 15.0 Å². The Morgan fingerprint density at radius 3 is 2.37 bits per heavy atom. The maximum atomic E-state index is 6.35. The Bertz CT molecular complexity index is 1830. The summed E-state index contributed by atoms with van der Waals surface area (Å²) in [4.78, 5) is 12.7. The molecule has 0 aliphatic carbocycles. The van der Waals surface area contributed by atoms with Crippen molar-refractivity contribution in [2.24, 2.45) is 9.98 Å². The summed E-state index contributed by atoms with van der Waals surface area (Å²) < 4.78 is 7.81. The molecule has 1 N–H and O–H groups in total. The van der Waals surface area contributed by atoms with Crippen molar-refractivity contribution in [1.82, 2.24) is 9.78 Å². The van der Waals surface area contributed by atoms with Gasteiger partial charge in [-0.15, -0.1) is 0 Å². The third kappa shape index (κ3) is 5.06. The second-order valence-electron chi connectivity index (χ2n) is 10.6. The van der Waals surface area contributed by atoms with Crippen LogP contribution in [0, 0.1) is 6.92 Å². The summed E-state index contributed by atoms with van der Waals surface area (Å²) in [6, 6.07) is 34.1. The maximum absolute atomic E-state index is 6.35. The van der Waals surface area contributed by atoms with E-state index >= 15 is 0 Å². The monoisotopic (exact) mass is 586 g/mol. The molecule has 1 aromatic heterocycles. The molecular weight excluding hydrogens is 556 g/mol. The number of aromatic nitrogens is 2. The molecule has 4 aromatic carbocycles. The molecule has 214 valence electrons. The van der Waals surface area contributed by atoms with E-state index in [1.165, 1.54) is 0 Å². The number of ether oxygens (including phenoxy) is 1. The summed E-state index contributed by atoms with van der Waals surface area (Å²) in [5, 5.41) is 9.26. The fraction of sp³-hybridized carbons (Fsp3) is 0.171. The van der Waals surface area contributed by atoms with Crippen molar-refractivity contribution in [3.8, 4) is 11.4 Å². The lowest BCUT2D eigenvalue weighted by molar-refractivity contribution is 0.309. The molecule has 0 radical (unpaired) electrons. The van der Waals surface area contributed by atoms with Gasteiger partial charge in [0.05, 0.1) is 35.4 Å². The number of rotatable bonds is 7. The molecule has 0 spiro atoms. The summed E-state index contributed by atoms with van der Waals surface area (Å²) in [7, 11) is 0. The largest absolute Gasteiger partial charge is 0.494 e. The topological polar surface area (TPSA) is 67.0 Å². The summed E-state index contributed by atoms with van der Waals surface area (Å²) in [5.74, 6) is 3.00. The van der Waals surface area contributed by atoms with E-state index in [0.29, 0.717) is 23.3 Å². The highest BCUT2D eigenvalue weighted by Gasteiger charge is 2.41. The van der Waals surface area contributed by atoms with Gasteiger partial charge in [0, 0.05) is 16.3 Å². The molecular formula is C35H31ClN6O. The van der Waals surface area contributed by atoms with E-state index in [2.05, 4.69) is 42.3 Å². The lowest BCUT2D eigenvalue weighted by Crippen LogP contribution is -2.46. The van der Waals surface area contributed by atoms with Crippen LogP contribution in [0.2, 0.25) is 5.02 Å². The Morgan fingerprint density at radius 2 is 1.60 bits per heavy atom. The van der Waals surface area contributed by atoms with E-state index in [9.17, 15) is 0 Å². The molecule has 0 saturated heterocycles. The average Bonchev–Trinajstić information content (AvgIpc) is 3.38. The summed E-state index contributed by atoms with van der Waals surface area (Å²) in [6.45, 7) is 4.92. The van der Waals surface area contributed by atoms with Crippen LogP contribution in [-0.2, 0) is 0 Å². The zero-order chi connectivity index (χ0) is 29.3. The normalized spacial score (nSPS) is 15.1. The fourth-order valence-electron chi connectivity index (χ4n) is 5.61. The van der Waals surface area contributed by atoms with Crippen LogP contribution in [0.3, 0.4) is 0 Å². The lowest BCUT2D eigenvalue weighted by Gasteiger charge is -2.40. The number of benzene rings is 4. The first-order chi connectivity index (χ1) is 21.1. The molecule has 0 fully saturated rings. The third-order valence-electron chi connectivity index (χ3n) is 7.71. The summed E-state index contributed by atoms with van der Waals surface area (Å²) >= 11 is 6.35. The van der Waals surface area contributed by atoms with Crippen LogP contribution in [-0.4, -0.2) is 28.1 Å². The number of halogens is 1. The third-order valence-corrected chi connectivity index (χ3v) is 7.96. The average molecular weight is 587 g/mol. The Morgan fingerprint density at radius 1 is 0.860 bits per heavy atom. The van der Waals surface area contributed by atoms with Gasteiger partial charge in [-0.2, -0.15) is 5.10 Å². The quantitative estimate of drug-likeness (QED) is 0.193. The minimum absolute atomic E-state index is 0.208. The Kier molecular flexibility index (Phi) is 7.17. The predicted octanol–water partition coefficient (Wildman–Crippen LogP) is 8.81. The summed E-state index contributed by atoms with van der Waals surface area (Å²) in [6.07, 6.45) is 2.13. The van der Waals surface area contributed by atoms with Crippen LogP contribution in [0.5, 0.6) is 5.75 Å². The van der Waals surface area contributed by atoms with Crippen LogP contribution in [0.25, 0.3) is 5.69 Å². The van der Waals surface area contributed by atoms with E-state index in [4.69, 9.17) is 31.4 Å². The number of hydrogen-bond donors (Lipinski definition) is 1. The molecule has 8 heteroatoms. The van der Waals surface area contributed by atoms with Gasteiger partial charge in [-0.1, -0.05) is 67.4 Å². The number of aliphatic imine (C=N–C) groups is 2. The van der Waals surface area contributed by atoms with Crippen LogP contribution in [0.1, 0.15) is 42.6 Å². The van der Waals surface area contributed by atoms with E-state index in [-0.39, 0.29) is 6.04 Å². The highest BCUT2D eigenvalue weighted by molar-refractivity contribution is 6.51. The highest BCUT2D eigenvalue weighted by atomic mass is 35.5. The maximum Gasteiger partial charge on any atom is 0.179 e. The molecule has 1 atom stereocenters.